The van der Waals surface area contributed by atoms with Crippen LogP contribution >= 0.6 is 11.3 Å². The van der Waals surface area contributed by atoms with Gasteiger partial charge in [-0.2, -0.15) is 0 Å². The zero-order valence-corrected chi connectivity index (χ0v) is 13.5. The summed E-state index contributed by atoms with van der Waals surface area (Å²) in [7, 11) is 2.12. The summed E-state index contributed by atoms with van der Waals surface area (Å²) in [5, 5.41) is 3.53. The largest absolute Gasteiger partial charge is 0.312 e. The van der Waals surface area contributed by atoms with Crippen molar-refractivity contribution in [2.45, 2.75) is 77.2 Å². The molecule has 0 aromatic carbocycles. The number of nitrogens with one attached hydrogen (secondary N) is 1. The van der Waals surface area contributed by atoms with Gasteiger partial charge in [-0.25, -0.2) is 0 Å². The molecule has 0 saturated carbocycles. The standard InChI is InChI=1S/C17H29NS/c1-3-4-5-8-11-15(18-2)17-13-14-10-7-6-9-12-16(14)19-17/h13,15,18H,3-12H2,1-2H3. The average Bonchev–Trinajstić information content (AvgIpc) is 2.70. The Balaban J connectivity index is 1.94. The van der Waals surface area contributed by atoms with Gasteiger partial charge in [-0.3, -0.25) is 0 Å². The van der Waals surface area contributed by atoms with E-state index in [9.17, 15) is 0 Å². The minimum atomic E-state index is 0.591. The molecule has 0 radical (unpaired) electrons. The summed E-state index contributed by atoms with van der Waals surface area (Å²) in [5.74, 6) is 0. The molecule has 19 heavy (non-hydrogen) atoms. The van der Waals surface area contributed by atoms with E-state index in [1.807, 2.05) is 0 Å². The maximum atomic E-state index is 3.53. The summed E-state index contributed by atoms with van der Waals surface area (Å²) in [6, 6.07) is 3.10. The number of thiophene rings is 1. The number of hydrogen-bond donors (Lipinski definition) is 1. The molecule has 1 aliphatic rings. The van der Waals surface area contributed by atoms with E-state index >= 15 is 0 Å². The predicted molar refractivity (Wildman–Crippen MR) is 86.1 cm³/mol. The van der Waals surface area contributed by atoms with E-state index < -0.39 is 0 Å². The molecule has 0 saturated heterocycles. The maximum absolute atomic E-state index is 3.53. The second-order valence-corrected chi connectivity index (χ2v) is 7.02. The van der Waals surface area contributed by atoms with Gasteiger partial charge in [0.2, 0.25) is 0 Å². The molecule has 1 N–H and O–H groups in total. The van der Waals surface area contributed by atoms with Gasteiger partial charge in [-0.15, -0.1) is 11.3 Å². The zero-order chi connectivity index (χ0) is 13.5. The molecule has 1 nitrogen and oxygen atoms in total. The molecule has 108 valence electrons. The van der Waals surface area contributed by atoms with Gasteiger partial charge in [-0.05, 0) is 50.8 Å². The Labute approximate surface area is 122 Å². The van der Waals surface area contributed by atoms with Crippen molar-refractivity contribution in [2.75, 3.05) is 7.05 Å². The number of aryl methyl sites for hydroxylation is 2. The molecule has 1 aliphatic carbocycles. The molecule has 1 aromatic rings. The highest BCUT2D eigenvalue weighted by atomic mass is 32.1. The lowest BCUT2D eigenvalue weighted by molar-refractivity contribution is 0.511. The Bertz CT molecular complexity index is 346. The molecule has 2 heteroatoms. The predicted octanol–water partition coefficient (Wildman–Crippen LogP) is 5.25. The molecule has 0 amide bonds. The fraction of sp³-hybridized carbons (Fsp3) is 0.765. The summed E-state index contributed by atoms with van der Waals surface area (Å²) in [4.78, 5) is 3.27. The molecule has 1 atom stereocenters. The van der Waals surface area contributed by atoms with Crippen LogP contribution in [0.2, 0.25) is 0 Å². The smallest absolute Gasteiger partial charge is 0.0412 e. The van der Waals surface area contributed by atoms with E-state index in [1.54, 1.807) is 15.3 Å². The molecular formula is C17H29NS. The van der Waals surface area contributed by atoms with E-state index in [-0.39, 0.29) is 0 Å². The second-order valence-electron chi connectivity index (χ2n) is 5.85. The highest BCUT2D eigenvalue weighted by Crippen LogP contribution is 2.33. The lowest BCUT2D eigenvalue weighted by atomic mass is 10.0. The van der Waals surface area contributed by atoms with E-state index in [4.69, 9.17) is 0 Å². The summed E-state index contributed by atoms with van der Waals surface area (Å²) in [6.45, 7) is 2.28. The van der Waals surface area contributed by atoms with Crippen LogP contribution in [-0.2, 0) is 12.8 Å². The normalized spacial score (nSPS) is 16.9. The quantitative estimate of drug-likeness (QED) is 0.531. The fourth-order valence-corrected chi connectivity index (χ4v) is 4.47. The average molecular weight is 279 g/mol. The van der Waals surface area contributed by atoms with Crippen LogP contribution in [-0.4, -0.2) is 7.05 Å². The van der Waals surface area contributed by atoms with Gasteiger partial charge in [0.25, 0.3) is 0 Å². The van der Waals surface area contributed by atoms with Gasteiger partial charge in [0, 0.05) is 15.8 Å². The number of rotatable bonds is 7. The van der Waals surface area contributed by atoms with Crippen LogP contribution in [0, 0.1) is 0 Å². The van der Waals surface area contributed by atoms with Crippen LogP contribution in [0.4, 0.5) is 0 Å². The van der Waals surface area contributed by atoms with E-state index in [2.05, 4.69) is 36.7 Å². The molecule has 0 spiro atoms. The van der Waals surface area contributed by atoms with Gasteiger partial charge in [0.1, 0.15) is 0 Å². The molecule has 0 aliphatic heterocycles. The van der Waals surface area contributed by atoms with E-state index in [0.29, 0.717) is 6.04 Å². The Morgan fingerprint density at radius 2 is 2.00 bits per heavy atom. The van der Waals surface area contributed by atoms with Gasteiger partial charge >= 0.3 is 0 Å². The SMILES string of the molecule is CCCCCCC(NC)c1cc2c(s1)CCCCC2. The first-order valence-corrected chi connectivity index (χ1v) is 8.95. The van der Waals surface area contributed by atoms with Gasteiger partial charge in [0.15, 0.2) is 0 Å². The first-order chi connectivity index (χ1) is 9.35. The molecule has 1 aromatic heterocycles. The second kappa shape index (κ2) is 8.06. The molecule has 1 heterocycles. The highest BCUT2D eigenvalue weighted by molar-refractivity contribution is 7.12. The van der Waals surface area contributed by atoms with E-state index in [0.717, 1.165) is 0 Å². The van der Waals surface area contributed by atoms with Gasteiger partial charge in [0.05, 0.1) is 0 Å². The monoisotopic (exact) mass is 279 g/mol. The molecular weight excluding hydrogens is 250 g/mol. The van der Waals surface area contributed by atoms with Crippen molar-refractivity contribution in [1.82, 2.24) is 5.32 Å². The summed E-state index contributed by atoms with van der Waals surface area (Å²) in [6.07, 6.45) is 13.6. The lowest BCUT2D eigenvalue weighted by Crippen LogP contribution is -2.15. The lowest BCUT2D eigenvalue weighted by Gasteiger charge is -2.14. The van der Waals surface area contributed by atoms with Gasteiger partial charge in [-0.1, -0.05) is 39.0 Å². The van der Waals surface area contributed by atoms with Crippen molar-refractivity contribution in [3.8, 4) is 0 Å². The van der Waals surface area contributed by atoms with Crippen LogP contribution in [0.3, 0.4) is 0 Å². The van der Waals surface area contributed by atoms with Crippen molar-refractivity contribution in [3.05, 3.63) is 21.4 Å². The zero-order valence-electron chi connectivity index (χ0n) is 12.6. The van der Waals surface area contributed by atoms with Crippen LogP contribution < -0.4 is 5.32 Å². The Kier molecular flexibility index (Phi) is 6.39. The van der Waals surface area contributed by atoms with Crippen LogP contribution in [0.25, 0.3) is 0 Å². The first kappa shape index (κ1) is 15.1. The van der Waals surface area contributed by atoms with E-state index in [1.165, 1.54) is 64.2 Å². The third-order valence-electron chi connectivity index (χ3n) is 4.30. The van der Waals surface area contributed by atoms with Crippen molar-refractivity contribution in [2.24, 2.45) is 0 Å². The van der Waals surface area contributed by atoms with Gasteiger partial charge < -0.3 is 5.32 Å². The molecule has 0 fully saturated rings. The van der Waals surface area contributed by atoms with Crippen molar-refractivity contribution >= 4 is 11.3 Å². The molecule has 2 rings (SSSR count). The van der Waals surface area contributed by atoms with Crippen LogP contribution in [0.1, 0.15) is 79.6 Å². The van der Waals surface area contributed by atoms with Crippen molar-refractivity contribution < 1.29 is 0 Å². The maximum Gasteiger partial charge on any atom is 0.0412 e. The minimum absolute atomic E-state index is 0.591. The highest BCUT2D eigenvalue weighted by Gasteiger charge is 2.17. The third kappa shape index (κ3) is 4.32. The van der Waals surface area contributed by atoms with Crippen LogP contribution in [0.5, 0.6) is 0 Å². The first-order valence-electron chi connectivity index (χ1n) is 8.14. The third-order valence-corrected chi connectivity index (χ3v) is 5.65. The summed E-state index contributed by atoms with van der Waals surface area (Å²) >= 11 is 2.08. The topological polar surface area (TPSA) is 12.0 Å². The Hall–Kier alpha value is -0.340. The van der Waals surface area contributed by atoms with Crippen LogP contribution in [0.15, 0.2) is 6.07 Å². The number of unbranched alkanes of at least 4 members (excludes halogenated alkanes) is 3. The number of fused-ring (bicyclic) bond motifs is 1. The van der Waals surface area contributed by atoms with Crippen molar-refractivity contribution in [3.63, 3.8) is 0 Å². The fourth-order valence-electron chi connectivity index (χ4n) is 3.07. The summed E-state index contributed by atoms with van der Waals surface area (Å²) in [5.41, 5.74) is 1.66. The Morgan fingerprint density at radius 1 is 1.16 bits per heavy atom. The minimum Gasteiger partial charge on any atom is -0.312 e. The molecule has 1 unspecified atom stereocenters. The summed E-state index contributed by atoms with van der Waals surface area (Å²) < 4.78 is 0. The Morgan fingerprint density at radius 3 is 2.79 bits per heavy atom. The molecule has 0 bridgehead atoms. The number of hydrogen-bond acceptors (Lipinski definition) is 2. The van der Waals surface area contributed by atoms with Crippen molar-refractivity contribution in [1.29, 1.82) is 0 Å².